The molecule has 0 radical (unpaired) electrons. The third kappa shape index (κ3) is 5.72. The molecule has 0 bridgehead atoms. The Bertz CT molecular complexity index is 965. The standard InChI is InChI=1S/C18H17Cl2N3O6/c1-3-28-15-7-12(19)17(20)11(18(15)25)8-21-22-16(24)9-29-14-5-4-10(2)6-13(14)23(26)27/h4-8,25H,3,9H2,1-2H3,(H,22,24)/b21-8-. The Kier molecular flexibility index (Phi) is 7.63. The van der Waals surface area contributed by atoms with Crippen molar-refractivity contribution in [2.24, 2.45) is 5.10 Å². The van der Waals surface area contributed by atoms with Gasteiger partial charge in [-0.1, -0.05) is 29.3 Å². The van der Waals surface area contributed by atoms with Gasteiger partial charge in [0.25, 0.3) is 5.91 Å². The van der Waals surface area contributed by atoms with Gasteiger partial charge in [-0.2, -0.15) is 5.10 Å². The second-order valence-corrected chi connectivity index (χ2v) is 6.46. The van der Waals surface area contributed by atoms with E-state index in [1.807, 2.05) is 0 Å². The average Bonchev–Trinajstić information content (AvgIpc) is 2.67. The van der Waals surface area contributed by atoms with Crippen molar-refractivity contribution in [2.75, 3.05) is 13.2 Å². The monoisotopic (exact) mass is 441 g/mol. The molecule has 2 rings (SSSR count). The lowest BCUT2D eigenvalue weighted by Gasteiger charge is -2.11. The summed E-state index contributed by atoms with van der Waals surface area (Å²) in [6.07, 6.45) is 1.10. The summed E-state index contributed by atoms with van der Waals surface area (Å²) < 4.78 is 10.4. The number of hydrogen-bond acceptors (Lipinski definition) is 7. The molecule has 29 heavy (non-hydrogen) atoms. The van der Waals surface area contributed by atoms with Crippen molar-refractivity contribution in [3.8, 4) is 17.2 Å². The maximum Gasteiger partial charge on any atom is 0.311 e. The molecule has 9 nitrogen and oxygen atoms in total. The molecule has 2 N–H and O–H groups in total. The topological polar surface area (TPSA) is 123 Å². The number of nitro benzene ring substituents is 1. The van der Waals surface area contributed by atoms with Gasteiger partial charge in [0.1, 0.15) is 0 Å². The molecule has 0 aliphatic heterocycles. The van der Waals surface area contributed by atoms with Crippen molar-refractivity contribution < 1.29 is 24.3 Å². The number of amides is 1. The summed E-state index contributed by atoms with van der Waals surface area (Å²) in [7, 11) is 0. The molecule has 0 aliphatic carbocycles. The predicted octanol–water partition coefficient (Wildman–Crippen LogP) is 3.84. The molecule has 0 saturated carbocycles. The van der Waals surface area contributed by atoms with E-state index in [4.69, 9.17) is 32.7 Å². The first-order valence-electron chi connectivity index (χ1n) is 8.28. The number of benzene rings is 2. The van der Waals surface area contributed by atoms with Gasteiger partial charge < -0.3 is 14.6 Å². The molecule has 1 amide bonds. The number of hydrazone groups is 1. The molecule has 11 heteroatoms. The number of nitrogens with zero attached hydrogens (tertiary/aromatic N) is 2. The molecule has 0 fully saturated rings. The van der Waals surface area contributed by atoms with E-state index in [9.17, 15) is 20.0 Å². The molecule has 0 atom stereocenters. The van der Waals surface area contributed by atoms with Gasteiger partial charge in [0.2, 0.25) is 0 Å². The number of nitro groups is 1. The van der Waals surface area contributed by atoms with Crippen molar-refractivity contribution in [2.45, 2.75) is 13.8 Å². The van der Waals surface area contributed by atoms with Gasteiger partial charge in [-0.3, -0.25) is 14.9 Å². The highest BCUT2D eigenvalue weighted by Crippen LogP contribution is 2.39. The van der Waals surface area contributed by atoms with Gasteiger partial charge in [0.05, 0.1) is 33.4 Å². The Morgan fingerprint density at radius 3 is 2.69 bits per heavy atom. The van der Waals surface area contributed by atoms with E-state index < -0.39 is 17.4 Å². The Hall–Kier alpha value is -3.04. The van der Waals surface area contributed by atoms with Crippen LogP contribution in [-0.2, 0) is 4.79 Å². The highest BCUT2D eigenvalue weighted by Gasteiger charge is 2.17. The van der Waals surface area contributed by atoms with Crippen molar-refractivity contribution >= 4 is 41.0 Å². The highest BCUT2D eigenvalue weighted by atomic mass is 35.5. The summed E-state index contributed by atoms with van der Waals surface area (Å²) >= 11 is 12.0. The molecule has 2 aromatic rings. The molecule has 0 unspecified atom stereocenters. The minimum absolute atomic E-state index is 0.0251. The summed E-state index contributed by atoms with van der Waals surface area (Å²) in [5.74, 6) is -0.897. The lowest BCUT2D eigenvalue weighted by molar-refractivity contribution is -0.385. The highest BCUT2D eigenvalue weighted by molar-refractivity contribution is 6.43. The number of ether oxygens (including phenoxy) is 2. The number of hydrogen-bond donors (Lipinski definition) is 2. The summed E-state index contributed by atoms with van der Waals surface area (Å²) in [6, 6.07) is 5.73. The van der Waals surface area contributed by atoms with E-state index in [2.05, 4.69) is 10.5 Å². The average molecular weight is 442 g/mol. The van der Waals surface area contributed by atoms with Crippen LogP contribution in [0, 0.1) is 17.0 Å². The van der Waals surface area contributed by atoms with Crippen molar-refractivity contribution in [1.29, 1.82) is 0 Å². The minimum Gasteiger partial charge on any atom is -0.504 e. The fourth-order valence-corrected chi connectivity index (χ4v) is 2.63. The van der Waals surface area contributed by atoms with E-state index in [1.165, 1.54) is 18.2 Å². The number of rotatable bonds is 8. The largest absolute Gasteiger partial charge is 0.504 e. The molecule has 0 aliphatic rings. The summed E-state index contributed by atoms with van der Waals surface area (Å²) in [5, 5.41) is 25.1. The van der Waals surface area contributed by atoms with Crippen molar-refractivity contribution in [1.82, 2.24) is 5.43 Å². The zero-order chi connectivity index (χ0) is 21.6. The van der Waals surface area contributed by atoms with Crippen LogP contribution in [0.1, 0.15) is 18.1 Å². The van der Waals surface area contributed by atoms with Crippen LogP contribution in [0.15, 0.2) is 29.4 Å². The molecule has 154 valence electrons. The van der Waals surface area contributed by atoms with Gasteiger partial charge in [0.15, 0.2) is 23.9 Å². The van der Waals surface area contributed by atoms with Crippen LogP contribution in [0.2, 0.25) is 10.0 Å². The van der Waals surface area contributed by atoms with Crippen LogP contribution < -0.4 is 14.9 Å². The summed E-state index contributed by atoms with van der Waals surface area (Å²) in [6.45, 7) is 3.21. The van der Waals surface area contributed by atoms with Crippen LogP contribution in [0.25, 0.3) is 0 Å². The number of carbonyl (C=O) groups is 1. The zero-order valence-corrected chi connectivity index (χ0v) is 17.0. The summed E-state index contributed by atoms with van der Waals surface area (Å²) in [5.41, 5.74) is 2.66. The fourth-order valence-electron chi connectivity index (χ4n) is 2.23. The number of halogens is 2. The Labute approximate surface area is 176 Å². The molecule has 0 saturated heterocycles. The lowest BCUT2D eigenvalue weighted by Crippen LogP contribution is -2.24. The lowest BCUT2D eigenvalue weighted by atomic mass is 10.2. The third-order valence-electron chi connectivity index (χ3n) is 3.55. The smallest absolute Gasteiger partial charge is 0.311 e. The fraction of sp³-hybridized carbons (Fsp3) is 0.222. The van der Waals surface area contributed by atoms with Crippen LogP contribution in [0.5, 0.6) is 17.2 Å². The van der Waals surface area contributed by atoms with E-state index in [1.54, 1.807) is 19.9 Å². The first-order valence-corrected chi connectivity index (χ1v) is 9.03. The quantitative estimate of drug-likeness (QED) is 0.364. The first kappa shape index (κ1) is 22.3. The maximum absolute atomic E-state index is 11.9. The normalized spacial score (nSPS) is 10.8. The van der Waals surface area contributed by atoms with Gasteiger partial charge >= 0.3 is 5.69 Å². The number of phenols is 1. The van der Waals surface area contributed by atoms with Crippen LogP contribution in [0.4, 0.5) is 5.69 Å². The van der Waals surface area contributed by atoms with E-state index >= 15 is 0 Å². The van der Waals surface area contributed by atoms with Gasteiger partial charge in [-0.15, -0.1) is 0 Å². The Morgan fingerprint density at radius 1 is 1.31 bits per heavy atom. The van der Waals surface area contributed by atoms with Crippen LogP contribution in [-0.4, -0.2) is 35.4 Å². The van der Waals surface area contributed by atoms with Crippen LogP contribution in [0.3, 0.4) is 0 Å². The molecule has 0 spiro atoms. The minimum atomic E-state index is -0.682. The zero-order valence-electron chi connectivity index (χ0n) is 15.4. The Morgan fingerprint density at radius 2 is 2.03 bits per heavy atom. The second-order valence-electron chi connectivity index (χ2n) is 5.68. The molecule has 2 aromatic carbocycles. The van der Waals surface area contributed by atoms with Gasteiger partial charge in [0, 0.05) is 12.1 Å². The number of carbonyl (C=O) groups excluding carboxylic acids is 1. The van der Waals surface area contributed by atoms with Crippen molar-refractivity contribution in [3.05, 3.63) is 55.6 Å². The molecular formula is C18H17Cl2N3O6. The van der Waals surface area contributed by atoms with Gasteiger partial charge in [-0.05, 0) is 25.5 Å². The van der Waals surface area contributed by atoms with E-state index in [-0.39, 0.29) is 38.5 Å². The van der Waals surface area contributed by atoms with Crippen LogP contribution >= 0.6 is 23.2 Å². The Balaban J connectivity index is 2.05. The van der Waals surface area contributed by atoms with E-state index in [0.29, 0.717) is 12.2 Å². The van der Waals surface area contributed by atoms with Gasteiger partial charge in [-0.25, -0.2) is 5.43 Å². The molecular weight excluding hydrogens is 425 g/mol. The molecule has 0 heterocycles. The number of phenolic OH excluding ortho intramolecular Hbond substituents is 1. The maximum atomic E-state index is 11.9. The summed E-state index contributed by atoms with van der Waals surface area (Å²) in [4.78, 5) is 22.4. The van der Waals surface area contributed by atoms with E-state index in [0.717, 1.165) is 6.21 Å². The molecule has 0 aromatic heterocycles. The van der Waals surface area contributed by atoms with Crippen molar-refractivity contribution in [3.63, 3.8) is 0 Å². The first-order chi connectivity index (χ1) is 13.7. The number of nitrogens with one attached hydrogen (secondary N) is 1. The number of aryl methyl sites for hydroxylation is 1. The third-order valence-corrected chi connectivity index (χ3v) is 4.35. The second kappa shape index (κ2) is 9.94. The predicted molar refractivity (Wildman–Crippen MR) is 108 cm³/mol. The SMILES string of the molecule is CCOc1cc(Cl)c(Cl)c(/C=N\NC(=O)COc2ccc(C)cc2[N+](=O)[O-])c1O. The number of aromatic hydroxyl groups is 1.